The number of likely N-dealkylation sites (tertiary alicyclic amines) is 1. The van der Waals surface area contributed by atoms with Crippen molar-refractivity contribution in [2.75, 3.05) is 19.6 Å². The third-order valence-electron chi connectivity index (χ3n) is 7.83. The molecule has 0 bridgehead atoms. The Morgan fingerprint density at radius 2 is 1.67 bits per heavy atom. The molecule has 4 aromatic rings. The molecule has 1 saturated heterocycles. The first-order valence-corrected chi connectivity index (χ1v) is 13.6. The molecule has 198 valence electrons. The smallest absolute Gasteiger partial charge is 0.335 e. The van der Waals surface area contributed by atoms with Crippen molar-refractivity contribution in [2.24, 2.45) is 5.92 Å². The van der Waals surface area contributed by atoms with E-state index in [2.05, 4.69) is 79.0 Å². The lowest BCUT2D eigenvalue weighted by atomic mass is 9.80. The second-order valence-corrected chi connectivity index (χ2v) is 10.3. The van der Waals surface area contributed by atoms with Gasteiger partial charge in [0.25, 0.3) is 0 Å². The summed E-state index contributed by atoms with van der Waals surface area (Å²) in [5.74, 6) is -0.339. The molecular weight excluding hydrogens is 484 g/mol. The van der Waals surface area contributed by atoms with Crippen molar-refractivity contribution in [3.8, 4) is 0 Å². The van der Waals surface area contributed by atoms with Crippen LogP contribution in [0.1, 0.15) is 52.4 Å². The summed E-state index contributed by atoms with van der Waals surface area (Å²) in [6, 6.07) is 32.3. The molecule has 2 unspecified atom stereocenters. The maximum atomic E-state index is 13.2. The summed E-state index contributed by atoms with van der Waals surface area (Å²) in [6.07, 6.45) is 4.26. The standard InChI is InChI=1S/C34H34N2O3/c1-24(30-13-7-11-27-10-5-6-12-32(27)30)35-22-29-23-36(21-20-31(29)26-8-3-2-4-9-26)33(37)19-16-25-14-17-28(18-15-25)34(38)39/h2-19,24,29,31,35H,20-23H2,1H3,(H,38,39)/t24-,29?,31?/m1/s1. The number of aromatic carboxylic acids is 1. The quantitative estimate of drug-likeness (QED) is 0.260. The Kier molecular flexibility index (Phi) is 8.18. The van der Waals surface area contributed by atoms with Crippen LogP contribution in [0.5, 0.6) is 0 Å². The number of nitrogens with one attached hydrogen (secondary N) is 1. The number of rotatable bonds is 8. The van der Waals surface area contributed by atoms with Gasteiger partial charge in [-0.1, -0.05) is 84.9 Å². The topological polar surface area (TPSA) is 69.6 Å². The third kappa shape index (κ3) is 6.27. The van der Waals surface area contributed by atoms with Crippen LogP contribution in [0.25, 0.3) is 16.8 Å². The first-order valence-electron chi connectivity index (χ1n) is 13.6. The molecule has 1 aliphatic heterocycles. The molecule has 2 N–H and O–H groups in total. The van der Waals surface area contributed by atoms with Crippen molar-refractivity contribution in [1.29, 1.82) is 0 Å². The van der Waals surface area contributed by atoms with Crippen LogP contribution in [0.3, 0.4) is 0 Å². The number of carboxylic acids is 1. The Bertz CT molecular complexity index is 1460. The predicted octanol–water partition coefficient (Wildman–Crippen LogP) is 6.53. The van der Waals surface area contributed by atoms with Gasteiger partial charge in [-0.15, -0.1) is 0 Å². The van der Waals surface area contributed by atoms with Crippen LogP contribution in [0.2, 0.25) is 0 Å². The van der Waals surface area contributed by atoms with Gasteiger partial charge in [-0.05, 0) is 70.9 Å². The van der Waals surface area contributed by atoms with Crippen molar-refractivity contribution in [3.63, 3.8) is 0 Å². The fourth-order valence-electron chi connectivity index (χ4n) is 5.65. The lowest BCUT2D eigenvalue weighted by Gasteiger charge is -2.39. The van der Waals surface area contributed by atoms with Crippen LogP contribution >= 0.6 is 0 Å². The van der Waals surface area contributed by atoms with E-state index in [0.717, 1.165) is 18.5 Å². The summed E-state index contributed by atoms with van der Waals surface area (Å²) in [5, 5.41) is 15.4. The molecule has 39 heavy (non-hydrogen) atoms. The van der Waals surface area contributed by atoms with E-state index in [0.29, 0.717) is 19.0 Å². The monoisotopic (exact) mass is 518 g/mol. The summed E-state index contributed by atoms with van der Waals surface area (Å²) in [6.45, 7) is 4.39. The largest absolute Gasteiger partial charge is 0.478 e. The number of hydrogen-bond acceptors (Lipinski definition) is 3. The number of carboxylic acid groups (broad SMARTS) is 1. The molecule has 0 aromatic heterocycles. The van der Waals surface area contributed by atoms with E-state index in [-0.39, 0.29) is 23.4 Å². The molecule has 4 aromatic carbocycles. The zero-order valence-electron chi connectivity index (χ0n) is 22.2. The Morgan fingerprint density at radius 3 is 2.44 bits per heavy atom. The zero-order chi connectivity index (χ0) is 27.2. The van der Waals surface area contributed by atoms with Crippen molar-refractivity contribution in [1.82, 2.24) is 10.2 Å². The number of nitrogens with zero attached hydrogens (tertiary/aromatic N) is 1. The Labute approximate surface area is 229 Å². The predicted molar refractivity (Wildman–Crippen MR) is 157 cm³/mol. The highest BCUT2D eigenvalue weighted by atomic mass is 16.4. The van der Waals surface area contributed by atoms with Crippen molar-refractivity contribution in [3.05, 3.63) is 125 Å². The fraction of sp³-hybridized carbons (Fsp3) is 0.235. The molecule has 1 heterocycles. The molecule has 1 aliphatic rings. The Balaban J connectivity index is 1.30. The highest BCUT2D eigenvalue weighted by molar-refractivity contribution is 5.92. The third-order valence-corrected chi connectivity index (χ3v) is 7.83. The van der Waals surface area contributed by atoms with E-state index in [4.69, 9.17) is 5.11 Å². The number of hydrogen-bond donors (Lipinski definition) is 2. The fourth-order valence-corrected chi connectivity index (χ4v) is 5.65. The summed E-state index contributed by atoms with van der Waals surface area (Å²) in [4.78, 5) is 26.2. The number of benzene rings is 4. The lowest BCUT2D eigenvalue weighted by molar-refractivity contribution is -0.128. The molecule has 5 rings (SSSR count). The molecular formula is C34H34N2O3. The maximum absolute atomic E-state index is 13.2. The van der Waals surface area contributed by atoms with Crippen molar-refractivity contribution in [2.45, 2.75) is 25.3 Å². The lowest BCUT2D eigenvalue weighted by Crippen LogP contribution is -2.46. The normalized spacial score (nSPS) is 18.3. The molecule has 5 heteroatoms. The number of amides is 1. The van der Waals surface area contributed by atoms with Gasteiger partial charge >= 0.3 is 5.97 Å². The maximum Gasteiger partial charge on any atom is 0.335 e. The van der Waals surface area contributed by atoms with Gasteiger partial charge in [0.15, 0.2) is 0 Å². The minimum atomic E-state index is -0.961. The highest BCUT2D eigenvalue weighted by Crippen LogP contribution is 2.34. The summed E-state index contributed by atoms with van der Waals surface area (Å²) in [7, 11) is 0. The van der Waals surface area contributed by atoms with Crippen LogP contribution in [0.4, 0.5) is 0 Å². The minimum Gasteiger partial charge on any atom is -0.478 e. The summed E-state index contributed by atoms with van der Waals surface area (Å²) in [5.41, 5.74) is 3.64. The molecule has 0 spiro atoms. The molecule has 0 saturated carbocycles. The van der Waals surface area contributed by atoms with Gasteiger partial charge in [0.05, 0.1) is 5.56 Å². The molecule has 3 atom stereocenters. The first-order chi connectivity index (χ1) is 19.0. The van der Waals surface area contributed by atoms with Crippen LogP contribution in [0.15, 0.2) is 103 Å². The van der Waals surface area contributed by atoms with Gasteiger partial charge in [0, 0.05) is 31.8 Å². The average molecular weight is 519 g/mol. The second kappa shape index (κ2) is 12.1. The first kappa shape index (κ1) is 26.4. The van der Waals surface area contributed by atoms with E-state index in [1.807, 2.05) is 11.0 Å². The van der Waals surface area contributed by atoms with Gasteiger partial charge in [0.2, 0.25) is 5.91 Å². The van der Waals surface area contributed by atoms with Crippen LogP contribution in [-0.4, -0.2) is 41.5 Å². The van der Waals surface area contributed by atoms with E-state index >= 15 is 0 Å². The number of carbonyl (C=O) groups excluding carboxylic acids is 1. The number of carbonyl (C=O) groups is 2. The molecule has 0 radical (unpaired) electrons. The molecule has 1 fully saturated rings. The van der Waals surface area contributed by atoms with E-state index in [9.17, 15) is 9.59 Å². The Morgan fingerprint density at radius 1 is 0.949 bits per heavy atom. The average Bonchev–Trinajstić information content (AvgIpc) is 2.98. The highest BCUT2D eigenvalue weighted by Gasteiger charge is 2.32. The van der Waals surface area contributed by atoms with Gasteiger partial charge in [-0.25, -0.2) is 4.79 Å². The van der Waals surface area contributed by atoms with E-state index in [1.54, 1.807) is 36.4 Å². The van der Waals surface area contributed by atoms with Crippen LogP contribution in [-0.2, 0) is 4.79 Å². The van der Waals surface area contributed by atoms with E-state index < -0.39 is 5.97 Å². The zero-order valence-corrected chi connectivity index (χ0v) is 22.2. The van der Waals surface area contributed by atoms with Gasteiger partial charge < -0.3 is 15.3 Å². The SMILES string of the molecule is C[C@@H](NCC1CN(C(=O)C=Cc2ccc(C(=O)O)cc2)CCC1c1ccccc1)c1cccc2ccccc12. The minimum absolute atomic E-state index is 0.0177. The number of fused-ring (bicyclic) bond motifs is 1. The van der Waals surface area contributed by atoms with Crippen LogP contribution in [0, 0.1) is 5.92 Å². The van der Waals surface area contributed by atoms with Crippen molar-refractivity contribution < 1.29 is 14.7 Å². The number of piperidine rings is 1. The van der Waals surface area contributed by atoms with E-state index in [1.165, 1.54) is 21.9 Å². The summed E-state index contributed by atoms with van der Waals surface area (Å²) >= 11 is 0. The molecule has 1 amide bonds. The van der Waals surface area contributed by atoms with Gasteiger partial charge in [-0.3, -0.25) is 4.79 Å². The second-order valence-electron chi connectivity index (χ2n) is 10.3. The van der Waals surface area contributed by atoms with Gasteiger partial charge in [-0.2, -0.15) is 0 Å². The molecule has 0 aliphatic carbocycles. The Hall–Kier alpha value is -4.22. The van der Waals surface area contributed by atoms with Crippen LogP contribution < -0.4 is 5.32 Å². The molecule has 5 nitrogen and oxygen atoms in total. The van der Waals surface area contributed by atoms with Gasteiger partial charge in [0.1, 0.15) is 0 Å². The van der Waals surface area contributed by atoms with Crippen molar-refractivity contribution >= 4 is 28.7 Å². The summed E-state index contributed by atoms with van der Waals surface area (Å²) < 4.78 is 0.